The van der Waals surface area contributed by atoms with Crippen LogP contribution in [0.4, 0.5) is 10.1 Å². The molecule has 0 fully saturated rings. The Bertz CT molecular complexity index is 966. The fourth-order valence-electron chi connectivity index (χ4n) is 2.43. The lowest BCUT2D eigenvalue weighted by Crippen LogP contribution is -2.20. The smallest absolute Gasteiger partial charge is 0.261 e. The van der Waals surface area contributed by atoms with Crippen LogP contribution in [0, 0.1) is 12.7 Å². The van der Waals surface area contributed by atoms with Crippen LogP contribution < -0.4 is 15.8 Å². The minimum Gasteiger partial charge on any atom is -0.484 e. The van der Waals surface area contributed by atoms with Crippen molar-refractivity contribution < 1.29 is 23.2 Å². The summed E-state index contributed by atoms with van der Waals surface area (Å²) in [6.07, 6.45) is 0. The average Bonchev–Trinajstić information content (AvgIpc) is 3.03. The molecule has 2 aromatic carbocycles. The highest BCUT2D eigenvalue weighted by molar-refractivity contribution is 6.08. The highest BCUT2D eigenvalue weighted by Gasteiger charge is 2.21. The second-order valence-corrected chi connectivity index (χ2v) is 5.70. The molecule has 138 valence electrons. The second-order valence-electron chi connectivity index (χ2n) is 5.70. The summed E-state index contributed by atoms with van der Waals surface area (Å²) >= 11 is 0. The first-order valence-electron chi connectivity index (χ1n) is 7.99. The van der Waals surface area contributed by atoms with Gasteiger partial charge in [-0.05, 0) is 55.5 Å². The monoisotopic (exact) mass is 369 g/mol. The van der Waals surface area contributed by atoms with Crippen molar-refractivity contribution in [2.75, 3.05) is 11.9 Å². The van der Waals surface area contributed by atoms with Crippen molar-refractivity contribution in [2.24, 2.45) is 5.73 Å². The topological polar surface area (TPSA) is 107 Å². The molecule has 0 aliphatic rings. The summed E-state index contributed by atoms with van der Waals surface area (Å²) < 4.78 is 23.4. The van der Waals surface area contributed by atoms with E-state index in [4.69, 9.17) is 15.0 Å². The van der Waals surface area contributed by atoms with Crippen molar-refractivity contribution in [1.82, 2.24) is 5.16 Å². The number of carbonyl (C=O) groups excluding carboxylic acids is 2. The van der Waals surface area contributed by atoms with Crippen LogP contribution in [0.2, 0.25) is 0 Å². The summed E-state index contributed by atoms with van der Waals surface area (Å²) in [7, 11) is 0. The van der Waals surface area contributed by atoms with Crippen molar-refractivity contribution >= 4 is 17.5 Å². The molecule has 0 aliphatic heterocycles. The minimum atomic E-state index is -0.580. The number of anilines is 1. The van der Waals surface area contributed by atoms with Gasteiger partial charge in [0.25, 0.3) is 11.8 Å². The standard InChI is InChI=1S/C19H16FN3O4/c1-11-17(18(23-27-11)12-2-4-13(20)5-3-12)19(25)22-14-6-8-15(9-7-14)26-10-16(21)24/h2-9H,10H2,1H3,(H2,21,24)(H,22,25). The number of amides is 2. The van der Waals surface area contributed by atoms with Crippen molar-refractivity contribution in [2.45, 2.75) is 6.92 Å². The number of halogens is 1. The molecule has 0 unspecified atom stereocenters. The van der Waals surface area contributed by atoms with E-state index >= 15 is 0 Å². The highest BCUT2D eigenvalue weighted by atomic mass is 19.1. The lowest BCUT2D eigenvalue weighted by Gasteiger charge is -2.08. The highest BCUT2D eigenvalue weighted by Crippen LogP contribution is 2.26. The van der Waals surface area contributed by atoms with Gasteiger partial charge in [0.15, 0.2) is 6.61 Å². The van der Waals surface area contributed by atoms with Gasteiger partial charge in [-0.25, -0.2) is 4.39 Å². The Kier molecular flexibility index (Phi) is 5.16. The number of nitrogens with two attached hydrogens (primary N) is 1. The van der Waals surface area contributed by atoms with Gasteiger partial charge in [0, 0.05) is 11.3 Å². The number of nitrogens with zero attached hydrogens (tertiary/aromatic N) is 1. The molecule has 7 nitrogen and oxygen atoms in total. The minimum absolute atomic E-state index is 0.230. The van der Waals surface area contributed by atoms with Gasteiger partial charge >= 0.3 is 0 Å². The molecule has 2 amide bonds. The van der Waals surface area contributed by atoms with Crippen LogP contribution in [0.3, 0.4) is 0 Å². The largest absolute Gasteiger partial charge is 0.484 e. The van der Waals surface area contributed by atoms with Crippen LogP contribution in [-0.4, -0.2) is 23.6 Å². The van der Waals surface area contributed by atoms with Gasteiger partial charge in [-0.1, -0.05) is 5.16 Å². The number of carbonyl (C=O) groups is 2. The predicted octanol–water partition coefficient (Wildman–Crippen LogP) is 2.91. The summed E-state index contributed by atoms with van der Waals surface area (Å²) in [6.45, 7) is 1.39. The Hall–Kier alpha value is -3.68. The van der Waals surface area contributed by atoms with Crippen molar-refractivity contribution in [3.63, 3.8) is 0 Å². The maximum Gasteiger partial charge on any atom is 0.261 e. The van der Waals surface area contributed by atoms with Crippen LogP contribution >= 0.6 is 0 Å². The van der Waals surface area contributed by atoms with Gasteiger partial charge in [-0.2, -0.15) is 0 Å². The van der Waals surface area contributed by atoms with Gasteiger partial charge in [0.1, 0.15) is 28.6 Å². The molecule has 0 bridgehead atoms. The number of primary amides is 1. The molecular formula is C19H16FN3O4. The Morgan fingerprint density at radius 2 is 1.81 bits per heavy atom. The number of nitrogens with one attached hydrogen (secondary N) is 1. The molecule has 3 rings (SSSR count). The number of aromatic nitrogens is 1. The second kappa shape index (κ2) is 7.69. The van der Waals surface area contributed by atoms with E-state index in [9.17, 15) is 14.0 Å². The maximum atomic E-state index is 13.1. The van der Waals surface area contributed by atoms with Crippen molar-refractivity contribution in [3.8, 4) is 17.0 Å². The van der Waals surface area contributed by atoms with E-state index in [2.05, 4.69) is 10.5 Å². The number of aryl methyl sites for hydroxylation is 1. The van der Waals surface area contributed by atoms with E-state index < -0.39 is 11.8 Å². The van der Waals surface area contributed by atoms with E-state index in [1.165, 1.54) is 24.3 Å². The van der Waals surface area contributed by atoms with Crippen LogP contribution in [0.5, 0.6) is 5.75 Å². The predicted molar refractivity (Wildman–Crippen MR) is 95.7 cm³/mol. The fourth-order valence-corrected chi connectivity index (χ4v) is 2.43. The zero-order valence-corrected chi connectivity index (χ0v) is 14.4. The summed E-state index contributed by atoms with van der Waals surface area (Å²) in [5, 5.41) is 6.65. The molecule has 0 atom stereocenters. The summed E-state index contributed by atoms with van der Waals surface area (Å²) in [4.78, 5) is 23.4. The number of rotatable bonds is 6. The molecule has 0 aliphatic carbocycles. The van der Waals surface area contributed by atoms with Gasteiger partial charge in [-0.15, -0.1) is 0 Å². The first kappa shape index (κ1) is 18.1. The van der Waals surface area contributed by atoms with Crippen molar-refractivity contribution in [1.29, 1.82) is 0 Å². The Morgan fingerprint density at radius 1 is 1.15 bits per heavy atom. The van der Waals surface area contributed by atoms with Crippen LogP contribution in [0.1, 0.15) is 16.1 Å². The summed E-state index contributed by atoms with van der Waals surface area (Å²) in [5.74, 6) is -0.598. The van der Waals surface area contributed by atoms with Gasteiger partial charge in [-0.3, -0.25) is 9.59 Å². The Labute approximate surface area is 153 Å². The fraction of sp³-hybridized carbons (Fsp3) is 0.105. The molecule has 1 heterocycles. The maximum absolute atomic E-state index is 13.1. The average molecular weight is 369 g/mol. The zero-order chi connectivity index (χ0) is 19.4. The molecule has 0 radical (unpaired) electrons. The lowest BCUT2D eigenvalue weighted by molar-refractivity contribution is -0.119. The van der Waals surface area contributed by atoms with Gasteiger partial charge < -0.3 is 20.3 Å². The molecule has 0 saturated carbocycles. The molecule has 8 heteroatoms. The van der Waals surface area contributed by atoms with E-state index in [0.29, 0.717) is 28.5 Å². The molecule has 3 N–H and O–H groups in total. The van der Waals surface area contributed by atoms with E-state index in [-0.39, 0.29) is 18.0 Å². The Morgan fingerprint density at radius 3 is 2.44 bits per heavy atom. The normalized spacial score (nSPS) is 10.4. The van der Waals surface area contributed by atoms with E-state index in [1.807, 2.05) is 0 Å². The lowest BCUT2D eigenvalue weighted by atomic mass is 10.1. The van der Waals surface area contributed by atoms with Crippen LogP contribution in [0.15, 0.2) is 53.1 Å². The van der Waals surface area contributed by atoms with Crippen LogP contribution in [0.25, 0.3) is 11.3 Å². The number of hydrogen-bond acceptors (Lipinski definition) is 5. The molecule has 0 spiro atoms. The van der Waals surface area contributed by atoms with Crippen LogP contribution in [-0.2, 0) is 4.79 Å². The molecular weight excluding hydrogens is 353 g/mol. The van der Waals surface area contributed by atoms with E-state index in [0.717, 1.165) is 0 Å². The van der Waals surface area contributed by atoms with Gasteiger partial charge in [0.05, 0.1) is 0 Å². The number of hydrogen-bond donors (Lipinski definition) is 2. The summed E-state index contributed by atoms with van der Waals surface area (Å²) in [6, 6.07) is 12.0. The quantitative estimate of drug-likeness (QED) is 0.695. The molecule has 0 saturated heterocycles. The third-order valence-electron chi connectivity index (χ3n) is 3.70. The van der Waals surface area contributed by atoms with E-state index in [1.54, 1.807) is 31.2 Å². The number of benzene rings is 2. The first-order valence-corrected chi connectivity index (χ1v) is 7.99. The molecule has 27 heavy (non-hydrogen) atoms. The number of ether oxygens (including phenoxy) is 1. The molecule has 1 aromatic heterocycles. The third-order valence-corrected chi connectivity index (χ3v) is 3.70. The summed E-state index contributed by atoms with van der Waals surface area (Å²) in [5.41, 5.74) is 6.68. The van der Waals surface area contributed by atoms with Crippen molar-refractivity contribution in [3.05, 3.63) is 65.7 Å². The zero-order valence-electron chi connectivity index (χ0n) is 14.4. The first-order chi connectivity index (χ1) is 12.9. The molecule has 3 aromatic rings. The third kappa shape index (κ3) is 4.30. The van der Waals surface area contributed by atoms with Gasteiger partial charge in [0.2, 0.25) is 0 Å². The SMILES string of the molecule is Cc1onc(-c2ccc(F)cc2)c1C(=O)Nc1ccc(OCC(N)=O)cc1. The Balaban J connectivity index is 1.78.